The van der Waals surface area contributed by atoms with Crippen LogP contribution in [0.5, 0.6) is 0 Å². The summed E-state index contributed by atoms with van der Waals surface area (Å²) in [4.78, 5) is 0. The Labute approximate surface area is 145 Å². The second kappa shape index (κ2) is 9.30. The number of rotatable bonds is 8. The zero-order chi connectivity index (χ0) is 17.4. The SMILES string of the molecule is CCc1ccc(CCN)cc1N=Nc1cc(CCN)ccc1CC. The lowest BCUT2D eigenvalue weighted by Crippen LogP contribution is -2.02. The molecule has 4 N–H and O–H groups in total. The molecule has 0 spiro atoms. The first-order valence-electron chi connectivity index (χ1n) is 8.77. The highest BCUT2D eigenvalue weighted by Gasteiger charge is 2.05. The molecule has 0 radical (unpaired) electrons. The van der Waals surface area contributed by atoms with Gasteiger partial charge >= 0.3 is 0 Å². The fourth-order valence-electron chi connectivity index (χ4n) is 2.76. The molecule has 0 aliphatic rings. The van der Waals surface area contributed by atoms with Crippen molar-refractivity contribution in [1.82, 2.24) is 0 Å². The highest BCUT2D eigenvalue weighted by Crippen LogP contribution is 2.27. The van der Waals surface area contributed by atoms with Crippen molar-refractivity contribution in [3.63, 3.8) is 0 Å². The van der Waals surface area contributed by atoms with Crippen LogP contribution in [-0.4, -0.2) is 13.1 Å². The Morgan fingerprint density at radius 1 is 0.708 bits per heavy atom. The van der Waals surface area contributed by atoms with Crippen molar-refractivity contribution in [3.8, 4) is 0 Å². The van der Waals surface area contributed by atoms with Gasteiger partial charge in [-0.25, -0.2) is 0 Å². The topological polar surface area (TPSA) is 76.8 Å². The summed E-state index contributed by atoms with van der Waals surface area (Å²) in [5.74, 6) is 0. The second-order valence-electron chi connectivity index (χ2n) is 5.91. The minimum Gasteiger partial charge on any atom is -0.330 e. The third kappa shape index (κ3) is 4.73. The van der Waals surface area contributed by atoms with E-state index in [9.17, 15) is 0 Å². The fraction of sp³-hybridized carbons (Fsp3) is 0.400. The van der Waals surface area contributed by atoms with Crippen LogP contribution in [0.2, 0.25) is 0 Å². The summed E-state index contributed by atoms with van der Waals surface area (Å²) >= 11 is 0. The smallest absolute Gasteiger partial charge is 0.0891 e. The Bertz CT molecular complexity index is 633. The molecule has 0 heterocycles. The molecule has 0 fully saturated rings. The van der Waals surface area contributed by atoms with Crippen molar-refractivity contribution in [2.24, 2.45) is 21.7 Å². The molecule has 0 bridgehead atoms. The van der Waals surface area contributed by atoms with Crippen molar-refractivity contribution in [2.75, 3.05) is 13.1 Å². The molecular weight excluding hydrogens is 296 g/mol. The van der Waals surface area contributed by atoms with E-state index < -0.39 is 0 Å². The number of hydrogen-bond donors (Lipinski definition) is 2. The molecule has 0 aliphatic carbocycles. The molecule has 4 nitrogen and oxygen atoms in total. The summed E-state index contributed by atoms with van der Waals surface area (Å²) < 4.78 is 0. The van der Waals surface area contributed by atoms with Gasteiger partial charge in [-0.05, 0) is 73.2 Å². The predicted molar refractivity (Wildman–Crippen MR) is 101 cm³/mol. The number of azo groups is 1. The van der Waals surface area contributed by atoms with Crippen LogP contribution in [-0.2, 0) is 25.7 Å². The summed E-state index contributed by atoms with van der Waals surface area (Å²) in [6.07, 6.45) is 3.59. The largest absolute Gasteiger partial charge is 0.330 e. The van der Waals surface area contributed by atoms with E-state index >= 15 is 0 Å². The minimum atomic E-state index is 0.642. The number of nitrogens with zero attached hydrogens (tertiary/aromatic N) is 2. The van der Waals surface area contributed by atoms with Crippen LogP contribution in [0.3, 0.4) is 0 Å². The van der Waals surface area contributed by atoms with Crippen molar-refractivity contribution in [2.45, 2.75) is 39.5 Å². The van der Waals surface area contributed by atoms with Crippen molar-refractivity contribution >= 4 is 11.4 Å². The van der Waals surface area contributed by atoms with E-state index in [1.54, 1.807) is 0 Å². The molecule has 4 heteroatoms. The summed E-state index contributed by atoms with van der Waals surface area (Å²) in [5.41, 5.74) is 18.0. The lowest BCUT2D eigenvalue weighted by atomic mass is 10.0. The third-order valence-corrected chi connectivity index (χ3v) is 4.19. The zero-order valence-electron chi connectivity index (χ0n) is 14.8. The second-order valence-corrected chi connectivity index (χ2v) is 5.91. The van der Waals surface area contributed by atoms with E-state index in [0.717, 1.165) is 37.1 Å². The van der Waals surface area contributed by atoms with E-state index in [1.807, 2.05) is 0 Å². The first kappa shape index (κ1) is 18.3. The van der Waals surface area contributed by atoms with Crippen LogP contribution in [0.15, 0.2) is 46.6 Å². The van der Waals surface area contributed by atoms with Crippen LogP contribution in [0.1, 0.15) is 36.1 Å². The number of hydrogen-bond acceptors (Lipinski definition) is 4. The molecule has 0 atom stereocenters. The van der Waals surface area contributed by atoms with Crippen LogP contribution >= 0.6 is 0 Å². The van der Waals surface area contributed by atoms with Gasteiger partial charge in [-0.15, -0.1) is 0 Å². The van der Waals surface area contributed by atoms with E-state index in [1.165, 1.54) is 22.3 Å². The maximum atomic E-state index is 5.66. The molecule has 24 heavy (non-hydrogen) atoms. The Morgan fingerprint density at radius 2 is 1.12 bits per heavy atom. The Hall–Kier alpha value is -2.04. The number of aryl methyl sites for hydroxylation is 2. The standard InChI is InChI=1S/C20H28N4/c1-3-17-7-5-15(9-11-21)13-19(17)23-24-20-14-16(10-12-22)6-8-18(20)4-2/h5-8,13-14H,3-4,9-12,21-22H2,1-2H3. The van der Waals surface area contributed by atoms with Crippen LogP contribution < -0.4 is 11.5 Å². The molecule has 0 saturated heterocycles. The maximum absolute atomic E-state index is 5.66. The quantitative estimate of drug-likeness (QED) is 0.713. The van der Waals surface area contributed by atoms with Gasteiger partial charge in [0.25, 0.3) is 0 Å². The normalized spacial score (nSPS) is 11.3. The first-order chi connectivity index (χ1) is 11.7. The molecule has 0 amide bonds. The Kier molecular flexibility index (Phi) is 7.09. The highest BCUT2D eigenvalue weighted by atomic mass is 15.1. The molecule has 2 aromatic carbocycles. The zero-order valence-corrected chi connectivity index (χ0v) is 14.8. The fourth-order valence-corrected chi connectivity index (χ4v) is 2.76. The van der Waals surface area contributed by atoms with E-state index in [2.05, 4.69) is 60.5 Å². The summed E-state index contributed by atoms with van der Waals surface area (Å²) in [6.45, 7) is 5.55. The Morgan fingerprint density at radius 3 is 1.46 bits per heavy atom. The summed E-state index contributed by atoms with van der Waals surface area (Å²) in [6, 6.07) is 12.7. The van der Waals surface area contributed by atoms with Crippen molar-refractivity contribution in [3.05, 3.63) is 58.7 Å². The third-order valence-electron chi connectivity index (χ3n) is 4.19. The van der Waals surface area contributed by atoms with Crippen LogP contribution in [0, 0.1) is 0 Å². The summed E-state index contributed by atoms with van der Waals surface area (Å²) in [5, 5.41) is 9.11. The van der Waals surface area contributed by atoms with Gasteiger partial charge in [0.15, 0.2) is 0 Å². The monoisotopic (exact) mass is 324 g/mol. The number of nitrogens with two attached hydrogens (primary N) is 2. The molecular formula is C20H28N4. The van der Waals surface area contributed by atoms with E-state index in [0.29, 0.717) is 13.1 Å². The lowest BCUT2D eigenvalue weighted by molar-refractivity contribution is 0.960. The van der Waals surface area contributed by atoms with Gasteiger partial charge in [-0.1, -0.05) is 38.1 Å². The minimum absolute atomic E-state index is 0.642. The molecule has 0 aliphatic heterocycles. The molecule has 2 aromatic rings. The molecule has 0 saturated carbocycles. The van der Waals surface area contributed by atoms with Gasteiger partial charge in [0.05, 0.1) is 11.4 Å². The Balaban J connectivity index is 2.35. The number of benzene rings is 2. The molecule has 0 unspecified atom stereocenters. The average molecular weight is 324 g/mol. The lowest BCUT2D eigenvalue weighted by Gasteiger charge is -2.07. The molecule has 128 valence electrons. The van der Waals surface area contributed by atoms with Gasteiger partial charge in [0, 0.05) is 0 Å². The maximum Gasteiger partial charge on any atom is 0.0891 e. The first-order valence-corrected chi connectivity index (χ1v) is 8.77. The average Bonchev–Trinajstić information content (AvgIpc) is 2.61. The highest BCUT2D eigenvalue weighted by molar-refractivity contribution is 5.51. The van der Waals surface area contributed by atoms with E-state index in [-0.39, 0.29) is 0 Å². The van der Waals surface area contributed by atoms with Gasteiger partial charge in [0.1, 0.15) is 0 Å². The summed E-state index contributed by atoms with van der Waals surface area (Å²) in [7, 11) is 0. The van der Waals surface area contributed by atoms with Crippen molar-refractivity contribution < 1.29 is 0 Å². The van der Waals surface area contributed by atoms with Gasteiger partial charge < -0.3 is 11.5 Å². The van der Waals surface area contributed by atoms with E-state index in [4.69, 9.17) is 11.5 Å². The van der Waals surface area contributed by atoms with Crippen LogP contribution in [0.25, 0.3) is 0 Å². The molecule has 0 aromatic heterocycles. The van der Waals surface area contributed by atoms with Crippen LogP contribution in [0.4, 0.5) is 11.4 Å². The van der Waals surface area contributed by atoms with Gasteiger partial charge in [0.2, 0.25) is 0 Å². The predicted octanol–water partition coefficient (Wildman–Crippen LogP) is 4.23. The van der Waals surface area contributed by atoms with Gasteiger partial charge in [-0.2, -0.15) is 10.2 Å². The van der Waals surface area contributed by atoms with Gasteiger partial charge in [-0.3, -0.25) is 0 Å². The van der Waals surface area contributed by atoms with Crippen molar-refractivity contribution in [1.29, 1.82) is 0 Å². The molecule has 2 rings (SSSR count).